The van der Waals surface area contributed by atoms with Crippen LogP contribution in [-0.2, 0) is 21.5 Å². The molecular formula is C24H27N3O3. The number of aryl methyl sites for hydroxylation is 1. The van der Waals surface area contributed by atoms with Gasteiger partial charge in [0.2, 0.25) is 5.91 Å². The number of imide groups is 1. The molecule has 2 unspecified atom stereocenters. The van der Waals surface area contributed by atoms with Crippen molar-refractivity contribution in [3.05, 3.63) is 71.3 Å². The van der Waals surface area contributed by atoms with Gasteiger partial charge >= 0.3 is 6.03 Å². The number of amides is 4. The molecule has 2 aromatic carbocycles. The van der Waals surface area contributed by atoms with Crippen LogP contribution >= 0.6 is 0 Å². The first kappa shape index (κ1) is 20.1. The maximum atomic E-state index is 13.2. The molecule has 1 spiro atoms. The summed E-state index contributed by atoms with van der Waals surface area (Å²) in [6.45, 7) is 3.91. The molecule has 1 saturated heterocycles. The van der Waals surface area contributed by atoms with Crippen molar-refractivity contribution in [2.24, 2.45) is 5.92 Å². The van der Waals surface area contributed by atoms with Crippen LogP contribution in [0.15, 0.2) is 54.6 Å². The zero-order valence-electron chi connectivity index (χ0n) is 17.4. The molecule has 1 aliphatic carbocycles. The third kappa shape index (κ3) is 3.58. The molecular weight excluding hydrogens is 378 g/mol. The van der Waals surface area contributed by atoms with Crippen LogP contribution in [0.4, 0.5) is 4.79 Å². The summed E-state index contributed by atoms with van der Waals surface area (Å²) in [5.41, 5.74) is 1.88. The fourth-order valence-corrected chi connectivity index (χ4v) is 4.55. The van der Waals surface area contributed by atoms with Crippen LogP contribution in [0, 0.1) is 5.92 Å². The molecule has 6 nitrogen and oxygen atoms in total. The minimum atomic E-state index is -1.04. The smallest absolute Gasteiger partial charge is 0.325 e. The second-order valence-electron chi connectivity index (χ2n) is 8.54. The van der Waals surface area contributed by atoms with Gasteiger partial charge in [0.15, 0.2) is 0 Å². The summed E-state index contributed by atoms with van der Waals surface area (Å²) < 4.78 is 0. The molecule has 0 saturated carbocycles. The molecule has 1 heterocycles. The largest absolute Gasteiger partial charge is 0.348 e. The monoisotopic (exact) mass is 405 g/mol. The molecule has 30 heavy (non-hydrogen) atoms. The fourth-order valence-electron chi connectivity index (χ4n) is 4.55. The van der Waals surface area contributed by atoms with E-state index in [2.05, 4.69) is 24.5 Å². The van der Waals surface area contributed by atoms with Crippen molar-refractivity contribution in [3.8, 4) is 0 Å². The Morgan fingerprint density at radius 1 is 1.10 bits per heavy atom. The zero-order valence-corrected chi connectivity index (χ0v) is 17.4. The van der Waals surface area contributed by atoms with Crippen LogP contribution < -0.4 is 10.6 Å². The molecule has 2 atom stereocenters. The SMILES string of the molecule is CC(C)CC(NC(=O)CN1C(=O)NC2(CCc3ccccc32)C1=O)c1ccccc1. The highest BCUT2D eigenvalue weighted by molar-refractivity contribution is 6.09. The highest BCUT2D eigenvalue weighted by Gasteiger charge is 2.55. The summed E-state index contributed by atoms with van der Waals surface area (Å²) in [4.78, 5) is 39.7. The van der Waals surface area contributed by atoms with Crippen LogP contribution in [0.5, 0.6) is 0 Å². The second-order valence-corrected chi connectivity index (χ2v) is 8.54. The number of carbonyl (C=O) groups is 3. The van der Waals surface area contributed by atoms with E-state index in [9.17, 15) is 14.4 Å². The van der Waals surface area contributed by atoms with Crippen molar-refractivity contribution in [3.63, 3.8) is 0 Å². The standard InChI is InChI=1S/C24H27N3O3/c1-16(2)14-20(18-9-4-3-5-10-18)25-21(28)15-27-22(29)24(26-23(27)30)13-12-17-8-6-7-11-19(17)24/h3-11,16,20H,12-15H2,1-2H3,(H,25,28)(H,26,30). The van der Waals surface area contributed by atoms with Gasteiger partial charge < -0.3 is 10.6 Å². The number of benzene rings is 2. The van der Waals surface area contributed by atoms with Crippen LogP contribution in [0.3, 0.4) is 0 Å². The lowest BCUT2D eigenvalue weighted by atomic mass is 9.92. The van der Waals surface area contributed by atoms with Gasteiger partial charge in [0.05, 0.1) is 6.04 Å². The summed E-state index contributed by atoms with van der Waals surface area (Å²) in [6.07, 6.45) is 2.02. The Labute approximate surface area is 176 Å². The Hall–Kier alpha value is -3.15. The van der Waals surface area contributed by atoms with Crippen LogP contribution in [-0.4, -0.2) is 29.3 Å². The number of nitrogens with one attached hydrogen (secondary N) is 2. The average Bonchev–Trinajstić information content (AvgIpc) is 3.21. The third-order valence-electron chi connectivity index (χ3n) is 5.97. The molecule has 2 aliphatic rings. The molecule has 0 radical (unpaired) electrons. The number of rotatable bonds is 6. The lowest BCUT2D eigenvalue weighted by Gasteiger charge is -2.24. The van der Waals surface area contributed by atoms with Gasteiger partial charge in [0.1, 0.15) is 12.1 Å². The highest BCUT2D eigenvalue weighted by atomic mass is 16.2. The molecule has 2 aromatic rings. The Morgan fingerprint density at radius 3 is 2.53 bits per heavy atom. The predicted molar refractivity (Wildman–Crippen MR) is 113 cm³/mol. The van der Waals surface area contributed by atoms with E-state index in [-0.39, 0.29) is 24.4 Å². The molecule has 2 N–H and O–H groups in total. The highest BCUT2D eigenvalue weighted by Crippen LogP contribution is 2.41. The minimum absolute atomic E-state index is 0.166. The van der Waals surface area contributed by atoms with Crippen molar-refractivity contribution in [1.29, 1.82) is 0 Å². The van der Waals surface area contributed by atoms with E-state index in [1.165, 1.54) is 0 Å². The summed E-state index contributed by atoms with van der Waals surface area (Å²) in [5, 5.41) is 5.88. The normalized spacial score (nSPS) is 21.1. The number of hydrogen-bond donors (Lipinski definition) is 2. The average molecular weight is 405 g/mol. The number of carbonyl (C=O) groups excluding carboxylic acids is 3. The van der Waals surface area contributed by atoms with Crippen molar-refractivity contribution < 1.29 is 14.4 Å². The van der Waals surface area contributed by atoms with Gasteiger partial charge in [-0.1, -0.05) is 68.4 Å². The number of hydrogen-bond acceptors (Lipinski definition) is 3. The molecule has 1 aliphatic heterocycles. The minimum Gasteiger partial charge on any atom is -0.348 e. The van der Waals surface area contributed by atoms with Crippen LogP contribution in [0.25, 0.3) is 0 Å². The van der Waals surface area contributed by atoms with E-state index in [0.717, 1.165) is 34.4 Å². The Bertz CT molecular complexity index is 973. The Kier molecular flexibility index (Phi) is 5.33. The molecule has 0 aromatic heterocycles. The summed E-state index contributed by atoms with van der Waals surface area (Å²) >= 11 is 0. The van der Waals surface area contributed by atoms with E-state index in [0.29, 0.717) is 12.3 Å². The van der Waals surface area contributed by atoms with Crippen molar-refractivity contribution >= 4 is 17.8 Å². The first-order valence-electron chi connectivity index (χ1n) is 10.5. The van der Waals surface area contributed by atoms with Gasteiger partial charge in [0.25, 0.3) is 5.91 Å². The first-order chi connectivity index (χ1) is 14.4. The molecule has 0 bridgehead atoms. The van der Waals surface area contributed by atoms with Gasteiger partial charge in [0, 0.05) is 0 Å². The molecule has 4 amide bonds. The number of fused-ring (bicyclic) bond motifs is 2. The fraction of sp³-hybridized carbons (Fsp3) is 0.375. The second kappa shape index (κ2) is 7.94. The van der Waals surface area contributed by atoms with Gasteiger partial charge in [-0.3, -0.25) is 14.5 Å². The summed E-state index contributed by atoms with van der Waals surface area (Å²) in [7, 11) is 0. The van der Waals surface area contributed by atoms with Crippen LogP contribution in [0.2, 0.25) is 0 Å². The molecule has 156 valence electrons. The molecule has 4 rings (SSSR count). The number of nitrogens with zero attached hydrogens (tertiary/aromatic N) is 1. The topological polar surface area (TPSA) is 78.5 Å². The van der Waals surface area contributed by atoms with E-state index in [1.807, 2.05) is 54.6 Å². The third-order valence-corrected chi connectivity index (χ3v) is 5.97. The van der Waals surface area contributed by atoms with Gasteiger partial charge in [-0.25, -0.2) is 4.79 Å². The lowest BCUT2D eigenvalue weighted by Crippen LogP contribution is -2.44. The Morgan fingerprint density at radius 2 is 1.80 bits per heavy atom. The zero-order chi connectivity index (χ0) is 21.3. The van der Waals surface area contributed by atoms with E-state index >= 15 is 0 Å². The number of urea groups is 1. The maximum Gasteiger partial charge on any atom is 0.325 e. The quantitative estimate of drug-likeness (QED) is 0.724. The lowest BCUT2D eigenvalue weighted by molar-refractivity contribution is -0.135. The summed E-state index contributed by atoms with van der Waals surface area (Å²) in [6, 6.07) is 16.8. The van der Waals surface area contributed by atoms with Gasteiger partial charge in [-0.05, 0) is 41.9 Å². The Balaban J connectivity index is 1.49. The van der Waals surface area contributed by atoms with E-state index < -0.39 is 11.6 Å². The van der Waals surface area contributed by atoms with Gasteiger partial charge in [-0.2, -0.15) is 0 Å². The molecule has 1 fully saturated rings. The predicted octanol–water partition coefficient (Wildman–Crippen LogP) is 3.28. The van der Waals surface area contributed by atoms with Gasteiger partial charge in [-0.15, -0.1) is 0 Å². The maximum absolute atomic E-state index is 13.2. The summed E-state index contributed by atoms with van der Waals surface area (Å²) in [5.74, 6) is -0.297. The van der Waals surface area contributed by atoms with Crippen molar-refractivity contribution in [2.45, 2.75) is 44.7 Å². The van der Waals surface area contributed by atoms with Crippen LogP contribution in [0.1, 0.15) is 49.4 Å². The first-order valence-corrected chi connectivity index (χ1v) is 10.5. The van der Waals surface area contributed by atoms with Crippen molar-refractivity contribution in [2.75, 3.05) is 6.54 Å². The molecule has 6 heteroatoms. The van der Waals surface area contributed by atoms with E-state index in [1.54, 1.807) is 0 Å². The van der Waals surface area contributed by atoms with Crippen molar-refractivity contribution in [1.82, 2.24) is 15.5 Å². The van der Waals surface area contributed by atoms with E-state index in [4.69, 9.17) is 0 Å².